The summed E-state index contributed by atoms with van der Waals surface area (Å²) in [6.45, 7) is 5.72. The molecule has 0 atom stereocenters. The lowest BCUT2D eigenvalue weighted by Crippen LogP contribution is -2.37. The molecule has 0 aliphatic carbocycles. The fourth-order valence-corrected chi connectivity index (χ4v) is 3.67. The molecule has 0 radical (unpaired) electrons. The third-order valence-electron chi connectivity index (χ3n) is 5.45. The molecule has 31 heavy (non-hydrogen) atoms. The molecule has 0 saturated heterocycles. The lowest BCUT2D eigenvalue weighted by molar-refractivity contribution is -0.134. The summed E-state index contributed by atoms with van der Waals surface area (Å²) < 4.78 is 1.72. The first-order valence-electron chi connectivity index (χ1n) is 10.8. The number of carbonyl (C=O) groups excluding carboxylic acids is 3. The second-order valence-corrected chi connectivity index (χ2v) is 8.32. The number of benzene rings is 1. The van der Waals surface area contributed by atoms with Crippen LogP contribution in [-0.4, -0.2) is 45.5 Å². The monoisotopic (exact) mass is 425 g/mol. The Bertz CT molecular complexity index is 936. The first-order chi connectivity index (χ1) is 14.8. The van der Waals surface area contributed by atoms with E-state index in [0.717, 1.165) is 17.7 Å². The molecule has 0 spiro atoms. The third-order valence-corrected chi connectivity index (χ3v) is 5.45. The van der Waals surface area contributed by atoms with E-state index in [9.17, 15) is 14.4 Å². The highest BCUT2D eigenvalue weighted by Gasteiger charge is 2.29. The van der Waals surface area contributed by atoms with E-state index in [4.69, 9.17) is 0 Å². The van der Waals surface area contributed by atoms with Crippen LogP contribution in [0.15, 0.2) is 30.3 Å². The fraction of sp³-hybridized carbons (Fsp3) is 0.478. The largest absolute Gasteiger partial charge is 0.356 e. The van der Waals surface area contributed by atoms with E-state index in [1.165, 1.54) is 0 Å². The number of amides is 3. The van der Waals surface area contributed by atoms with Gasteiger partial charge in [0, 0.05) is 62.9 Å². The predicted octanol–water partition coefficient (Wildman–Crippen LogP) is 2.50. The average molecular weight is 426 g/mol. The van der Waals surface area contributed by atoms with Gasteiger partial charge in [0.05, 0.1) is 0 Å². The topological polar surface area (TPSA) is 96.3 Å². The minimum absolute atomic E-state index is 0.0806. The van der Waals surface area contributed by atoms with Crippen LogP contribution in [0.5, 0.6) is 0 Å². The van der Waals surface area contributed by atoms with Gasteiger partial charge in [-0.1, -0.05) is 32.0 Å². The molecule has 166 valence electrons. The van der Waals surface area contributed by atoms with Crippen molar-refractivity contribution >= 4 is 23.4 Å². The third kappa shape index (κ3) is 5.93. The molecular weight excluding hydrogens is 394 g/mol. The first kappa shape index (κ1) is 22.5. The van der Waals surface area contributed by atoms with Crippen LogP contribution in [0.2, 0.25) is 0 Å². The van der Waals surface area contributed by atoms with Crippen LogP contribution in [0.4, 0.5) is 5.69 Å². The number of aryl methyl sites for hydroxylation is 1. The van der Waals surface area contributed by atoms with E-state index in [-0.39, 0.29) is 30.6 Å². The molecular formula is C23H31N5O3. The lowest BCUT2D eigenvalue weighted by Gasteiger charge is -2.27. The number of fused-ring (bicyclic) bond motifs is 1. The number of para-hydroxylation sites is 1. The summed E-state index contributed by atoms with van der Waals surface area (Å²) in [7, 11) is 1.82. The van der Waals surface area contributed by atoms with Crippen LogP contribution in [0.25, 0.3) is 0 Å². The summed E-state index contributed by atoms with van der Waals surface area (Å²) in [6, 6.07) is 9.21. The Morgan fingerprint density at radius 2 is 1.87 bits per heavy atom. The SMILES string of the molecule is CC(C)CCNC(=O)CCC(=O)N1CCc2c(c(C(=O)Nc3ccccc3)nn2C)C1. The maximum absolute atomic E-state index is 12.8. The van der Waals surface area contributed by atoms with Crippen LogP contribution in [-0.2, 0) is 29.6 Å². The van der Waals surface area contributed by atoms with Crippen LogP contribution >= 0.6 is 0 Å². The minimum Gasteiger partial charge on any atom is -0.356 e. The van der Waals surface area contributed by atoms with Gasteiger partial charge in [-0.3, -0.25) is 19.1 Å². The Morgan fingerprint density at radius 3 is 2.58 bits per heavy atom. The van der Waals surface area contributed by atoms with Gasteiger partial charge in [0.15, 0.2) is 5.69 Å². The van der Waals surface area contributed by atoms with Crippen molar-refractivity contribution < 1.29 is 14.4 Å². The van der Waals surface area contributed by atoms with Crippen molar-refractivity contribution in [3.63, 3.8) is 0 Å². The van der Waals surface area contributed by atoms with Crippen molar-refractivity contribution in [2.75, 3.05) is 18.4 Å². The summed E-state index contributed by atoms with van der Waals surface area (Å²) in [6.07, 6.45) is 1.89. The second-order valence-electron chi connectivity index (χ2n) is 8.32. The predicted molar refractivity (Wildman–Crippen MR) is 118 cm³/mol. The fourth-order valence-electron chi connectivity index (χ4n) is 3.67. The Balaban J connectivity index is 1.60. The number of nitrogens with one attached hydrogen (secondary N) is 2. The molecule has 0 unspecified atom stereocenters. The summed E-state index contributed by atoms with van der Waals surface area (Å²) in [5, 5.41) is 10.1. The number of hydrogen-bond acceptors (Lipinski definition) is 4. The summed E-state index contributed by atoms with van der Waals surface area (Å²) in [5.41, 5.74) is 2.77. The van der Waals surface area contributed by atoms with Gasteiger partial charge in [0.1, 0.15) is 0 Å². The van der Waals surface area contributed by atoms with E-state index >= 15 is 0 Å². The van der Waals surface area contributed by atoms with E-state index in [1.54, 1.807) is 9.58 Å². The van der Waals surface area contributed by atoms with Gasteiger partial charge in [0.25, 0.3) is 5.91 Å². The zero-order valence-corrected chi connectivity index (χ0v) is 18.5. The summed E-state index contributed by atoms with van der Waals surface area (Å²) in [4.78, 5) is 39.2. The number of rotatable bonds is 8. The van der Waals surface area contributed by atoms with E-state index in [1.807, 2.05) is 37.4 Å². The Hall–Kier alpha value is -3.16. The quantitative estimate of drug-likeness (QED) is 0.679. The molecule has 3 amide bonds. The van der Waals surface area contributed by atoms with Crippen molar-refractivity contribution in [1.82, 2.24) is 20.0 Å². The Morgan fingerprint density at radius 1 is 1.13 bits per heavy atom. The van der Waals surface area contributed by atoms with Gasteiger partial charge in [-0.2, -0.15) is 5.10 Å². The number of anilines is 1. The van der Waals surface area contributed by atoms with Crippen LogP contribution in [0.3, 0.4) is 0 Å². The molecule has 1 aromatic heterocycles. The molecule has 2 heterocycles. The smallest absolute Gasteiger partial charge is 0.276 e. The van der Waals surface area contributed by atoms with Gasteiger partial charge in [-0.05, 0) is 24.5 Å². The Kier molecular flexibility index (Phi) is 7.44. The van der Waals surface area contributed by atoms with E-state index in [2.05, 4.69) is 29.6 Å². The number of carbonyl (C=O) groups is 3. The van der Waals surface area contributed by atoms with Crippen molar-refractivity contribution in [3.8, 4) is 0 Å². The highest BCUT2D eigenvalue weighted by atomic mass is 16.2. The minimum atomic E-state index is -0.290. The average Bonchev–Trinajstić information content (AvgIpc) is 3.08. The Labute approximate surface area is 183 Å². The molecule has 2 N–H and O–H groups in total. The van der Waals surface area contributed by atoms with E-state index < -0.39 is 0 Å². The first-order valence-corrected chi connectivity index (χ1v) is 10.8. The molecule has 2 aromatic rings. The second kappa shape index (κ2) is 10.2. The zero-order chi connectivity index (χ0) is 22.4. The molecule has 3 rings (SSSR count). The maximum Gasteiger partial charge on any atom is 0.276 e. The molecule has 1 aromatic carbocycles. The van der Waals surface area contributed by atoms with Crippen molar-refractivity contribution in [2.24, 2.45) is 13.0 Å². The van der Waals surface area contributed by atoms with Gasteiger partial charge < -0.3 is 15.5 Å². The molecule has 1 aliphatic heterocycles. The lowest BCUT2D eigenvalue weighted by atomic mass is 10.0. The number of aromatic nitrogens is 2. The highest BCUT2D eigenvalue weighted by Crippen LogP contribution is 2.24. The van der Waals surface area contributed by atoms with Crippen LogP contribution in [0.1, 0.15) is 54.9 Å². The molecule has 8 nitrogen and oxygen atoms in total. The number of nitrogens with zero attached hydrogens (tertiary/aromatic N) is 3. The standard InChI is InChI=1S/C23H31N5O3/c1-16(2)11-13-24-20(29)9-10-21(30)28-14-12-19-18(15-28)22(26-27(19)3)23(31)25-17-7-5-4-6-8-17/h4-8,16H,9-15H2,1-3H3,(H,24,29)(H,25,31). The highest BCUT2D eigenvalue weighted by molar-refractivity contribution is 6.04. The van der Waals surface area contributed by atoms with E-state index in [0.29, 0.717) is 43.4 Å². The van der Waals surface area contributed by atoms with Crippen molar-refractivity contribution in [3.05, 3.63) is 47.3 Å². The van der Waals surface area contributed by atoms with Gasteiger partial charge in [-0.25, -0.2) is 0 Å². The van der Waals surface area contributed by atoms with Crippen molar-refractivity contribution in [2.45, 2.75) is 46.1 Å². The normalized spacial score (nSPS) is 13.1. The summed E-state index contributed by atoms with van der Waals surface area (Å²) >= 11 is 0. The molecule has 0 saturated carbocycles. The molecule has 0 fully saturated rings. The molecule has 0 bridgehead atoms. The van der Waals surface area contributed by atoms with Crippen LogP contribution < -0.4 is 10.6 Å². The van der Waals surface area contributed by atoms with Gasteiger partial charge in [-0.15, -0.1) is 0 Å². The van der Waals surface area contributed by atoms with Crippen molar-refractivity contribution in [1.29, 1.82) is 0 Å². The van der Waals surface area contributed by atoms with Gasteiger partial charge in [0.2, 0.25) is 11.8 Å². The van der Waals surface area contributed by atoms with Crippen LogP contribution in [0, 0.1) is 5.92 Å². The maximum atomic E-state index is 12.8. The zero-order valence-electron chi connectivity index (χ0n) is 18.5. The molecule has 8 heteroatoms. The van der Waals surface area contributed by atoms with Gasteiger partial charge >= 0.3 is 0 Å². The molecule has 1 aliphatic rings. The number of hydrogen-bond donors (Lipinski definition) is 2. The summed E-state index contributed by atoms with van der Waals surface area (Å²) in [5.74, 6) is 0.0538.